The van der Waals surface area contributed by atoms with Crippen LogP contribution in [-0.4, -0.2) is 16.0 Å². The van der Waals surface area contributed by atoms with Gasteiger partial charge in [-0.2, -0.15) is 0 Å². The molecule has 0 unspecified atom stereocenters. The van der Waals surface area contributed by atoms with E-state index in [1.807, 2.05) is 0 Å². The van der Waals surface area contributed by atoms with Crippen molar-refractivity contribution in [1.29, 1.82) is 0 Å². The summed E-state index contributed by atoms with van der Waals surface area (Å²) in [6, 6.07) is 0. The van der Waals surface area contributed by atoms with Gasteiger partial charge in [-0.25, -0.2) is 0 Å². The van der Waals surface area contributed by atoms with Gasteiger partial charge in [0.1, 0.15) is 4.33 Å². The van der Waals surface area contributed by atoms with Crippen molar-refractivity contribution < 1.29 is 5.11 Å². The van der Waals surface area contributed by atoms with Gasteiger partial charge in [0.2, 0.25) is 0 Å². The molecule has 0 spiro atoms. The molecule has 0 bridgehead atoms. The highest BCUT2D eigenvalue weighted by Gasteiger charge is 2.21. The second kappa shape index (κ2) is 6.10. The van der Waals surface area contributed by atoms with E-state index in [9.17, 15) is 0 Å². The standard InChI is InChI=1S/C8H16Cl2O/c1-2-3-5-8(9,10)6-4-7-11/h11H,2-7H2,1H3. The molecule has 0 rings (SSSR count). The lowest BCUT2D eigenvalue weighted by Gasteiger charge is -2.17. The molecule has 0 fully saturated rings. The normalized spacial score (nSPS) is 12.0. The van der Waals surface area contributed by atoms with Crippen LogP contribution in [0.1, 0.15) is 39.0 Å². The monoisotopic (exact) mass is 198 g/mol. The Balaban J connectivity index is 3.43. The molecule has 0 radical (unpaired) electrons. The molecule has 0 saturated carbocycles. The lowest BCUT2D eigenvalue weighted by molar-refractivity contribution is 0.280. The zero-order valence-electron chi connectivity index (χ0n) is 6.95. The summed E-state index contributed by atoms with van der Waals surface area (Å²) >= 11 is 11.9. The van der Waals surface area contributed by atoms with Crippen LogP contribution < -0.4 is 0 Å². The highest BCUT2D eigenvalue weighted by atomic mass is 35.5. The molecule has 1 N–H and O–H groups in total. The summed E-state index contributed by atoms with van der Waals surface area (Å²) in [5, 5.41) is 8.54. The van der Waals surface area contributed by atoms with Gasteiger partial charge in [0.15, 0.2) is 0 Å². The van der Waals surface area contributed by atoms with Crippen molar-refractivity contribution in [2.45, 2.75) is 43.4 Å². The molecule has 0 aromatic rings. The third kappa shape index (κ3) is 6.92. The molecule has 0 amide bonds. The molecular weight excluding hydrogens is 183 g/mol. The van der Waals surface area contributed by atoms with Gasteiger partial charge in [-0.05, 0) is 19.3 Å². The molecule has 0 atom stereocenters. The Morgan fingerprint density at radius 2 is 1.73 bits per heavy atom. The van der Waals surface area contributed by atoms with E-state index >= 15 is 0 Å². The van der Waals surface area contributed by atoms with E-state index in [1.165, 1.54) is 0 Å². The first-order chi connectivity index (χ1) is 5.12. The molecule has 0 heterocycles. The first-order valence-corrected chi connectivity index (χ1v) is 4.86. The summed E-state index contributed by atoms with van der Waals surface area (Å²) in [5.74, 6) is 0. The second-order valence-electron chi connectivity index (χ2n) is 2.79. The van der Waals surface area contributed by atoms with Crippen molar-refractivity contribution in [3.63, 3.8) is 0 Å². The maximum absolute atomic E-state index is 8.54. The van der Waals surface area contributed by atoms with Crippen molar-refractivity contribution in [2.24, 2.45) is 0 Å². The van der Waals surface area contributed by atoms with Crippen molar-refractivity contribution >= 4 is 23.2 Å². The van der Waals surface area contributed by atoms with Gasteiger partial charge < -0.3 is 5.11 Å². The molecular formula is C8H16Cl2O. The second-order valence-corrected chi connectivity index (χ2v) is 4.43. The van der Waals surface area contributed by atoms with Gasteiger partial charge in [-0.3, -0.25) is 0 Å². The Hall–Kier alpha value is 0.540. The van der Waals surface area contributed by atoms with Gasteiger partial charge in [0, 0.05) is 6.61 Å². The molecule has 3 heteroatoms. The third-order valence-corrected chi connectivity index (χ3v) is 2.35. The number of halogens is 2. The van der Waals surface area contributed by atoms with Crippen LogP contribution in [0, 0.1) is 0 Å². The SMILES string of the molecule is CCCCC(Cl)(Cl)CCCO. The van der Waals surface area contributed by atoms with E-state index in [1.54, 1.807) is 0 Å². The van der Waals surface area contributed by atoms with Crippen LogP contribution in [-0.2, 0) is 0 Å². The maximum Gasteiger partial charge on any atom is 0.118 e. The number of rotatable bonds is 6. The van der Waals surface area contributed by atoms with E-state index in [4.69, 9.17) is 28.3 Å². The largest absolute Gasteiger partial charge is 0.396 e. The highest BCUT2D eigenvalue weighted by molar-refractivity contribution is 6.48. The summed E-state index contributed by atoms with van der Waals surface area (Å²) in [4.78, 5) is 0. The lowest BCUT2D eigenvalue weighted by Crippen LogP contribution is -2.12. The fourth-order valence-corrected chi connectivity index (χ4v) is 1.43. The topological polar surface area (TPSA) is 20.2 Å². The van der Waals surface area contributed by atoms with E-state index in [-0.39, 0.29) is 6.61 Å². The Kier molecular flexibility index (Phi) is 6.40. The van der Waals surface area contributed by atoms with Gasteiger partial charge in [0.05, 0.1) is 0 Å². The number of hydrogen-bond donors (Lipinski definition) is 1. The smallest absolute Gasteiger partial charge is 0.118 e. The molecule has 1 nitrogen and oxygen atoms in total. The number of alkyl halides is 2. The Bertz CT molecular complexity index is 84.1. The minimum atomic E-state index is -0.612. The third-order valence-electron chi connectivity index (χ3n) is 1.60. The van der Waals surface area contributed by atoms with Crippen LogP contribution in [0.3, 0.4) is 0 Å². The molecule has 0 aromatic carbocycles. The quantitative estimate of drug-likeness (QED) is 0.651. The Morgan fingerprint density at radius 1 is 1.18 bits per heavy atom. The molecule has 11 heavy (non-hydrogen) atoms. The van der Waals surface area contributed by atoms with E-state index in [2.05, 4.69) is 6.92 Å². The number of hydrogen-bond acceptors (Lipinski definition) is 1. The van der Waals surface area contributed by atoms with E-state index in [0.717, 1.165) is 19.3 Å². The van der Waals surface area contributed by atoms with Crippen molar-refractivity contribution in [3.05, 3.63) is 0 Å². The molecule has 0 aliphatic rings. The highest BCUT2D eigenvalue weighted by Crippen LogP contribution is 2.32. The molecule has 0 saturated heterocycles. The zero-order chi connectivity index (χ0) is 8.74. The fourth-order valence-electron chi connectivity index (χ4n) is 0.898. The number of aliphatic hydroxyl groups is 1. The first-order valence-electron chi connectivity index (χ1n) is 4.11. The summed E-state index contributed by atoms with van der Waals surface area (Å²) in [6.45, 7) is 2.28. The van der Waals surface area contributed by atoms with Crippen molar-refractivity contribution in [2.75, 3.05) is 6.61 Å². The first kappa shape index (κ1) is 11.5. The average Bonchev–Trinajstić information content (AvgIpc) is 1.97. The zero-order valence-corrected chi connectivity index (χ0v) is 8.46. The minimum absolute atomic E-state index is 0.174. The average molecular weight is 199 g/mol. The molecule has 68 valence electrons. The van der Waals surface area contributed by atoms with Crippen LogP contribution in [0.15, 0.2) is 0 Å². The summed E-state index contributed by atoms with van der Waals surface area (Å²) in [6.07, 6.45) is 4.37. The van der Waals surface area contributed by atoms with Gasteiger partial charge >= 0.3 is 0 Å². The molecule has 0 aliphatic heterocycles. The minimum Gasteiger partial charge on any atom is -0.396 e. The Morgan fingerprint density at radius 3 is 2.18 bits per heavy atom. The summed E-state index contributed by atoms with van der Waals surface area (Å²) in [5.41, 5.74) is 0. The maximum atomic E-state index is 8.54. The molecule has 0 aromatic heterocycles. The van der Waals surface area contributed by atoms with Gasteiger partial charge in [-0.15, -0.1) is 23.2 Å². The van der Waals surface area contributed by atoms with Crippen LogP contribution >= 0.6 is 23.2 Å². The van der Waals surface area contributed by atoms with Gasteiger partial charge in [0.25, 0.3) is 0 Å². The summed E-state index contributed by atoms with van der Waals surface area (Å²) < 4.78 is -0.612. The van der Waals surface area contributed by atoms with Crippen molar-refractivity contribution in [3.8, 4) is 0 Å². The van der Waals surface area contributed by atoms with Crippen molar-refractivity contribution in [1.82, 2.24) is 0 Å². The fraction of sp³-hybridized carbons (Fsp3) is 1.00. The Labute approximate surface area is 78.7 Å². The molecule has 0 aliphatic carbocycles. The number of unbranched alkanes of at least 4 members (excludes halogenated alkanes) is 1. The van der Waals surface area contributed by atoms with Crippen LogP contribution in [0.2, 0.25) is 0 Å². The van der Waals surface area contributed by atoms with Crippen LogP contribution in [0.25, 0.3) is 0 Å². The predicted molar refractivity (Wildman–Crippen MR) is 50.3 cm³/mol. The van der Waals surface area contributed by atoms with Crippen LogP contribution in [0.5, 0.6) is 0 Å². The summed E-state index contributed by atoms with van der Waals surface area (Å²) in [7, 11) is 0. The van der Waals surface area contributed by atoms with Crippen LogP contribution in [0.4, 0.5) is 0 Å². The van der Waals surface area contributed by atoms with Gasteiger partial charge in [-0.1, -0.05) is 19.8 Å². The van der Waals surface area contributed by atoms with E-state index < -0.39 is 4.33 Å². The predicted octanol–water partition coefficient (Wildman–Crippen LogP) is 3.12. The lowest BCUT2D eigenvalue weighted by atomic mass is 10.1. The van der Waals surface area contributed by atoms with E-state index in [0.29, 0.717) is 12.8 Å². The number of aliphatic hydroxyl groups excluding tert-OH is 1.